The van der Waals surface area contributed by atoms with E-state index in [4.69, 9.17) is 4.74 Å². The van der Waals surface area contributed by atoms with Crippen LogP contribution in [0.25, 0.3) is 0 Å². The minimum atomic E-state index is -0.495. The molecule has 0 spiro atoms. The van der Waals surface area contributed by atoms with Crippen molar-refractivity contribution in [2.45, 2.75) is 39.8 Å². The first-order valence-corrected chi connectivity index (χ1v) is 8.46. The van der Waals surface area contributed by atoms with Crippen LogP contribution in [0.15, 0.2) is 22.7 Å². The molecule has 0 heterocycles. The molecule has 1 aromatic rings. The Morgan fingerprint density at radius 3 is 2.70 bits per heavy atom. The quantitative estimate of drug-likeness (QED) is 0.794. The van der Waals surface area contributed by atoms with Crippen LogP contribution in [0, 0.1) is 11.7 Å². The highest BCUT2D eigenvalue weighted by Crippen LogP contribution is 2.15. The molecule has 0 aromatic heterocycles. The maximum Gasteiger partial charge on any atom is 0.410 e. The van der Waals surface area contributed by atoms with Crippen LogP contribution >= 0.6 is 15.9 Å². The van der Waals surface area contributed by atoms with Crippen LogP contribution in [-0.2, 0) is 11.3 Å². The maximum absolute atomic E-state index is 13.6. The number of carbonyl (C=O) groups excluding carboxylic acids is 1. The van der Waals surface area contributed by atoms with E-state index in [2.05, 4.69) is 21.2 Å². The predicted octanol–water partition coefficient (Wildman–Crippen LogP) is 4.18. The Balaban J connectivity index is 2.38. The van der Waals surface area contributed by atoms with Crippen molar-refractivity contribution >= 4 is 22.0 Å². The zero-order valence-electron chi connectivity index (χ0n) is 14.5. The SMILES string of the molecule is CC(CNCc1cc(Br)ccc1F)CN(C)C(=O)OC(C)(C)C. The molecule has 1 amide bonds. The Kier molecular flexibility index (Phi) is 7.48. The van der Waals surface area contributed by atoms with Crippen LogP contribution in [-0.4, -0.2) is 36.7 Å². The van der Waals surface area contributed by atoms with Crippen LogP contribution in [0.4, 0.5) is 9.18 Å². The first kappa shape index (κ1) is 19.9. The lowest BCUT2D eigenvalue weighted by molar-refractivity contribution is 0.0277. The van der Waals surface area contributed by atoms with Gasteiger partial charge in [0.05, 0.1) is 0 Å². The molecule has 0 saturated heterocycles. The van der Waals surface area contributed by atoms with Crippen molar-refractivity contribution in [2.75, 3.05) is 20.1 Å². The van der Waals surface area contributed by atoms with E-state index in [1.165, 1.54) is 6.07 Å². The number of nitrogens with zero attached hydrogens (tertiary/aromatic N) is 1. The number of halogens is 2. The maximum atomic E-state index is 13.6. The molecule has 0 fully saturated rings. The fourth-order valence-electron chi connectivity index (χ4n) is 2.08. The summed E-state index contributed by atoms with van der Waals surface area (Å²) in [5.74, 6) is 0.00181. The van der Waals surface area contributed by atoms with Crippen LogP contribution < -0.4 is 5.32 Å². The van der Waals surface area contributed by atoms with E-state index in [0.717, 1.165) is 4.47 Å². The third-order valence-electron chi connectivity index (χ3n) is 3.11. The number of nitrogens with one attached hydrogen (secondary N) is 1. The first-order chi connectivity index (χ1) is 10.6. The largest absolute Gasteiger partial charge is 0.444 e. The third kappa shape index (κ3) is 7.79. The van der Waals surface area contributed by atoms with Crippen molar-refractivity contribution in [2.24, 2.45) is 5.92 Å². The zero-order valence-corrected chi connectivity index (χ0v) is 16.0. The summed E-state index contributed by atoms with van der Waals surface area (Å²) in [6.07, 6.45) is -0.331. The second-order valence-corrected chi connectivity index (χ2v) is 7.75. The van der Waals surface area contributed by atoms with Crippen molar-refractivity contribution in [3.63, 3.8) is 0 Å². The van der Waals surface area contributed by atoms with Crippen LogP contribution in [0.1, 0.15) is 33.3 Å². The van der Waals surface area contributed by atoms with Gasteiger partial charge in [-0.1, -0.05) is 22.9 Å². The van der Waals surface area contributed by atoms with Gasteiger partial charge in [-0.15, -0.1) is 0 Å². The molecule has 0 aliphatic heterocycles. The highest BCUT2D eigenvalue weighted by atomic mass is 79.9. The second kappa shape index (κ2) is 8.64. The van der Waals surface area contributed by atoms with Gasteiger partial charge < -0.3 is 15.0 Å². The van der Waals surface area contributed by atoms with Crippen molar-refractivity contribution in [1.29, 1.82) is 0 Å². The zero-order chi connectivity index (χ0) is 17.6. The number of rotatable bonds is 6. The second-order valence-electron chi connectivity index (χ2n) is 6.83. The molecule has 23 heavy (non-hydrogen) atoms. The minimum absolute atomic E-state index is 0.223. The van der Waals surface area contributed by atoms with Gasteiger partial charge >= 0.3 is 6.09 Å². The molecule has 0 bridgehead atoms. The van der Waals surface area contributed by atoms with Gasteiger partial charge in [0.2, 0.25) is 0 Å². The summed E-state index contributed by atoms with van der Waals surface area (Å²) >= 11 is 3.34. The summed E-state index contributed by atoms with van der Waals surface area (Å²) in [5, 5.41) is 3.22. The minimum Gasteiger partial charge on any atom is -0.444 e. The lowest BCUT2D eigenvalue weighted by Gasteiger charge is -2.26. The smallest absolute Gasteiger partial charge is 0.410 e. The van der Waals surface area contributed by atoms with E-state index in [0.29, 0.717) is 25.2 Å². The van der Waals surface area contributed by atoms with Gasteiger partial charge in [-0.25, -0.2) is 9.18 Å². The van der Waals surface area contributed by atoms with E-state index >= 15 is 0 Å². The van der Waals surface area contributed by atoms with Gasteiger partial charge in [0.15, 0.2) is 0 Å². The van der Waals surface area contributed by atoms with E-state index in [1.807, 2.05) is 27.7 Å². The highest BCUT2D eigenvalue weighted by Gasteiger charge is 2.20. The normalized spacial score (nSPS) is 12.8. The van der Waals surface area contributed by atoms with Crippen molar-refractivity contribution < 1.29 is 13.9 Å². The summed E-state index contributed by atoms with van der Waals surface area (Å²) < 4.78 is 19.8. The number of amides is 1. The molecule has 0 saturated carbocycles. The third-order valence-corrected chi connectivity index (χ3v) is 3.60. The number of hydrogen-bond donors (Lipinski definition) is 1. The molecular formula is C17H26BrFN2O2. The lowest BCUT2D eigenvalue weighted by Crippen LogP contribution is -2.38. The van der Waals surface area contributed by atoms with Gasteiger partial charge in [0.1, 0.15) is 11.4 Å². The van der Waals surface area contributed by atoms with E-state index in [1.54, 1.807) is 24.1 Å². The van der Waals surface area contributed by atoms with Crippen molar-refractivity contribution in [1.82, 2.24) is 10.2 Å². The van der Waals surface area contributed by atoms with Crippen molar-refractivity contribution in [3.05, 3.63) is 34.1 Å². The Bertz CT molecular complexity index is 532. The summed E-state index contributed by atoms with van der Waals surface area (Å²) in [5.41, 5.74) is 0.123. The Morgan fingerprint density at radius 2 is 2.09 bits per heavy atom. The molecule has 1 aromatic carbocycles. The molecule has 1 rings (SSSR count). The molecule has 0 aliphatic carbocycles. The molecule has 1 N–H and O–H groups in total. The molecule has 1 unspecified atom stereocenters. The average Bonchev–Trinajstić information content (AvgIpc) is 2.40. The molecule has 0 radical (unpaired) electrons. The first-order valence-electron chi connectivity index (χ1n) is 7.67. The summed E-state index contributed by atoms with van der Waals surface area (Å²) in [4.78, 5) is 13.5. The highest BCUT2D eigenvalue weighted by molar-refractivity contribution is 9.10. The molecule has 0 aliphatic rings. The van der Waals surface area contributed by atoms with Crippen LogP contribution in [0.5, 0.6) is 0 Å². The topological polar surface area (TPSA) is 41.6 Å². The van der Waals surface area contributed by atoms with E-state index < -0.39 is 5.60 Å². The number of ether oxygens (including phenoxy) is 1. The molecule has 6 heteroatoms. The standard InChI is InChI=1S/C17H26BrFN2O2/c1-12(11-21(5)16(22)23-17(2,3)4)9-20-10-13-8-14(18)6-7-15(13)19/h6-8,12,20H,9-11H2,1-5H3. The Morgan fingerprint density at radius 1 is 1.43 bits per heavy atom. The van der Waals surface area contributed by atoms with E-state index in [-0.39, 0.29) is 17.8 Å². The summed E-state index contributed by atoms with van der Waals surface area (Å²) in [6, 6.07) is 4.89. The van der Waals surface area contributed by atoms with Crippen LogP contribution in [0.2, 0.25) is 0 Å². The van der Waals surface area contributed by atoms with Crippen LogP contribution in [0.3, 0.4) is 0 Å². The summed E-state index contributed by atoms with van der Waals surface area (Å²) in [7, 11) is 1.72. The Hall–Kier alpha value is -1.14. The van der Waals surface area contributed by atoms with Crippen molar-refractivity contribution in [3.8, 4) is 0 Å². The van der Waals surface area contributed by atoms with Gasteiger partial charge in [0, 0.05) is 30.2 Å². The average molecular weight is 389 g/mol. The fraction of sp³-hybridized carbons (Fsp3) is 0.588. The van der Waals surface area contributed by atoms with Gasteiger partial charge in [-0.05, 0) is 51.4 Å². The number of carbonyl (C=O) groups is 1. The lowest BCUT2D eigenvalue weighted by atomic mass is 10.1. The Labute approximate surface area is 146 Å². The molecule has 1 atom stereocenters. The van der Waals surface area contributed by atoms with Gasteiger partial charge in [-0.2, -0.15) is 0 Å². The monoisotopic (exact) mass is 388 g/mol. The fourth-order valence-corrected chi connectivity index (χ4v) is 2.49. The predicted molar refractivity (Wildman–Crippen MR) is 93.8 cm³/mol. The number of benzene rings is 1. The summed E-state index contributed by atoms with van der Waals surface area (Å²) in [6.45, 7) is 9.27. The molecule has 130 valence electrons. The van der Waals surface area contributed by atoms with E-state index in [9.17, 15) is 9.18 Å². The molecular weight excluding hydrogens is 363 g/mol. The van der Waals surface area contributed by atoms with Gasteiger partial charge in [-0.3, -0.25) is 0 Å². The van der Waals surface area contributed by atoms with Gasteiger partial charge in [0.25, 0.3) is 0 Å². The molecule has 4 nitrogen and oxygen atoms in total. The number of hydrogen-bond acceptors (Lipinski definition) is 3.